The minimum absolute atomic E-state index is 0.0144. The van der Waals surface area contributed by atoms with E-state index in [4.69, 9.17) is 0 Å². The van der Waals surface area contributed by atoms with Crippen LogP contribution in [-0.4, -0.2) is 19.3 Å². The van der Waals surface area contributed by atoms with E-state index in [1.807, 2.05) is 6.92 Å². The molecule has 0 radical (unpaired) electrons. The molecule has 1 aliphatic rings. The Labute approximate surface area is 110 Å². The fraction of sp³-hybridized carbons (Fsp3) is 0.455. The number of pyridine rings is 1. The number of carbonyl (C=O) groups excluding carboxylic acids is 1. The lowest BCUT2D eigenvalue weighted by molar-refractivity contribution is -0.117. The van der Waals surface area contributed by atoms with E-state index >= 15 is 0 Å². The van der Waals surface area contributed by atoms with Gasteiger partial charge in [0, 0.05) is 12.0 Å². The number of amides is 1. The summed E-state index contributed by atoms with van der Waals surface area (Å²) < 4.78 is 37.0. The lowest BCUT2D eigenvalue weighted by Crippen LogP contribution is -2.15. The fourth-order valence-electron chi connectivity index (χ4n) is 1.90. The van der Waals surface area contributed by atoms with Gasteiger partial charge < -0.3 is 9.50 Å². The Morgan fingerprint density at radius 2 is 2.32 bits per heavy atom. The van der Waals surface area contributed by atoms with Crippen molar-refractivity contribution in [3.8, 4) is 5.75 Å². The Bertz CT molecular complexity index is 590. The van der Waals surface area contributed by atoms with Crippen LogP contribution in [-0.2, 0) is 15.3 Å². The van der Waals surface area contributed by atoms with Crippen LogP contribution in [0.4, 0.5) is 9.57 Å². The zero-order chi connectivity index (χ0) is 14.0. The third-order valence-corrected chi connectivity index (χ3v) is 3.35. The molecular formula is C11H13FN2O4S. The highest BCUT2D eigenvalue weighted by atomic mass is 32.3. The first-order chi connectivity index (χ1) is 8.89. The van der Waals surface area contributed by atoms with E-state index in [0.29, 0.717) is 5.92 Å². The summed E-state index contributed by atoms with van der Waals surface area (Å²) in [6.45, 7) is 2.01. The van der Waals surface area contributed by atoms with Gasteiger partial charge in [0.25, 0.3) is 0 Å². The Morgan fingerprint density at radius 3 is 2.89 bits per heavy atom. The van der Waals surface area contributed by atoms with Gasteiger partial charge >= 0.3 is 10.5 Å². The SMILES string of the molecule is CC[C@@H]1C[C@H]1C(=O)Nc1cncc(OS(=O)(=O)F)c1. The summed E-state index contributed by atoms with van der Waals surface area (Å²) in [5, 5.41) is 2.60. The number of rotatable bonds is 5. The molecule has 1 fully saturated rings. The van der Waals surface area contributed by atoms with Gasteiger partial charge in [-0.15, -0.1) is 0 Å². The quantitative estimate of drug-likeness (QED) is 0.833. The Morgan fingerprint density at radius 1 is 1.58 bits per heavy atom. The molecule has 2 atom stereocenters. The molecule has 1 saturated carbocycles. The minimum Gasteiger partial charge on any atom is -0.357 e. The van der Waals surface area contributed by atoms with Crippen molar-refractivity contribution >= 4 is 22.1 Å². The molecule has 1 amide bonds. The van der Waals surface area contributed by atoms with E-state index in [9.17, 15) is 17.1 Å². The van der Waals surface area contributed by atoms with Crippen molar-refractivity contribution in [2.45, 2.75) is 19.8 Å². The molecule has 0 aliphatic heterocycles. The van der Waals surface area contributed by atoms with Crippen LogP contribution >= 0.6 is 0 Å². The summed E-state index contributed by atoms with van der Waals surface area (Å²) in [7, 11) is -5.09. The van der Waals surface area contributed by atoms with Gasteiger partial charge in [-0.05, 0) is 12.3 Å². The van der Waals surface area contributed by atoms with Gasteiger partial charge in [0.15, 0.2) is 5.75 Å². The molecule has 0 unspecified atom stereocenters. The number of carbonyl (C=O) groups is 1. The Kier molecular flexibility index (Phi) is 3.70. The van der Waals surface area contributed by atoms with Gasteiger partial charge in [0.2, 0.25) is 5.91 Å². The molecule has 8 heteroatoms. The van der Waals surface area contributed by atoms with Gasteiger partial charge in [-0.25, -0.2) is 0 Å². The standard InChI is InChI=1S/C11H13FN2O4S/c1-2-7-3-10(7)11(15)14-8-4-9(6-13-5-8)18-19(12,16)17/h4-7,10H,2-3H2,1H3,(H,14,15)/t7-,10-/m1/s1. The first kappa shape index (κ1) is 13.7. The monoisotopic (exact) mass is 288 g/mol. The van der Waals surface area contributed by atoms with Gasteiger partial charge in [0.05, 0.1) is 18.1 Å². The van der Waals surface area contributed by atoms with Crippen LogP contribution in [0.15, 0.2) is 18.5 Å². The maximum atomic E-state index is 12.3. The van der Waals surface area contributed by atoms with Crippen LogP contribution in [0.1, 0.15) is 19.8 Å². The molecule has 19 heavy (non-hydrogen) atoms. The van der Waals surface area contributed by atoms with Crippen LogP contribution < -0.4 is 9.50 Å². The summed E-state index contributed by atoms with van der Waals surface area (Å²) >= 11 is 0. The predicted octanol–water partition coefficient (Wildman–Crippen LogP) is 1.66. The first-order valence-electron chi connectivity index (χ1n) is 5.79. The maximum Gasteiger partial charge on any atom is 0.488 e. The fourth-order valence-corrected chi connectivity index (χ4v) is 2.22. The molecule has 1 aliphatic carbocycles. The Balaban J connectivity index is 2.01. The summed E-state index contributed by atoms with van der Waals surface area (Å²) in [6, 6.07) is 1.20. The normalized spacial score (nSPS) is 21.8. The third kappa shape index (κ3) is 3.88. The summed E-state index contributed by atoms with van der Waals surface area (Å²) in [4.78, 5) is 15.4. The topological polar surface area (TPSA) is 85.4 Å². The number of hydrogen-bond donors (Lipinski definition) is 1. The van der Waals surface area contributed by atoms with E-state index in [1.54, 1.807) is 0 Å². The summed E-state index contributed by atoms with van der Waals surface area (Å²) in [5.41, 5.74) is 0.271. The number of nitrogens with one attached hydrogen (secondary N) is 1. The van der Waals surface area contributed by atoms with E-state index in [2.05, 4.69) is 14.5 Å². The molecular weight excluding hydrogens is 275 g/mol. The zero-order valence-electron chi connectivity index (χ0n) is 10.2. The second-order valence-corrected chi connectivity index (χ2v) is 5.34. The highest BCUT2D eigenvalue weighted by Gasteiger charge is 2.41. The number of anilines is 1. The molecule has 1 aromatic heterocycles. The second-order valence-electron chi connectivity index (χ2n) is 4.39. The van der Waals surface area contributed by atoms with Gasteiger partial charge in [-0.3, -0.25) is 9.78 Å². The van der Waals surface area contributed by atoms with Crippen molar-refractivity contribution < 1.29 is 21.3 Å². The van der Waals surface area contributed by atoms with Crippen LogP contribution in [0.25, 0.3) is 0 Å². The van der Waals surface area contributed by atoms with Crippen LogP contribution in [0.2, 0.25) is 0 Å². The van der Waals surface area contributed by atoms with E-state index < -0.39 is 10.5 Å². The van der Waals surface area contributed by atoms with Crippen molar-refractivity contribution in [2.75, 3.05) is 5.32 Å². The first-order valence-corrected chi connectivity index (χ1v) is 7.10. The lowest BCUT2D eigenvalue weighted by Gasteiger charge is -2.05. The van der Waals surface area contributed by atoms with Gasteiger partial charge in [0.1, 0.15) is 0 Å². The number of hydrogen-bond acceptors (Lipinski definition) is 5. The van der Waals surface area contributed by atoms with Crippen molar-refractivity contribution in [3.63, 3.8) is 0 Å². The molecule has 0 spiro atoms. The van der Waals surface area contributed by atoms with E-state index in [0.717, 1.165) is 19.0 Å². The van der Waals surface area contributed by atoms with Gasteiger partial charge in [-0.2, -0.15) is 8.42 Å². The molecule has 104 valence electrons. The largest absolute Gasteiger partial charge is 0.488 e. The highest BCUT2D eigenvalue weighted by Crippen LogP contribution is 2.41. The van der Waals surface area contributed by atoms with E-state index in [-0.39, 0.29) is 23.3 Å². The molecule has 1 heterocycles. The summed E-state index contributed by atoms with van der Waals surface area (Å²) in [5.74, 6) is -0.0462. The molecule has 0 bridgehead atoms. The molecule has 0 aromatic carbocycles. The van der Waals surface area contributed by atoms with Crippen LogP contribution in [0.3, 0.4) is 0 Å². The zero-order valence-corrected chi connectivity index (χ0v) is 11.0. The average Bonchev–Trinajstić information content (AvgIpc) is 3.06. The van der Waals surface area contributed by atoms with Crippen LogP contribution in [0, 0.1) is 11.8 Å². The minimum atomic E-state index is -5.09. The van der Waals surface area contributed by atoms with Crippen molar-refractivity contribution in [1.29, 1.82) is 0 Å². The Hall–Kier alpha value is -1.70. The number of nitrogens with zero attached hydrogens (tertiary/aromatic N) is 1. The lowest BCUT2D eigenvalue weighted by atomic mass is 10.2. The molecule has 6 nitrogen and oxygen atoms in total. The smallest absolute Gasteiger partial charge is 0.357 e. The predicted molar refractivity (Wildman–Crippen MR) is 65.4 cm³/mol. The van der Waals surface area contributed by atoms with Gasteiger partial charge in [-0.1, -0.05) is 17.2 Å². The highest BCUT2D eigenvalue weighted by molar-refractivity contribution is 7.81. The number of aromatic nitrogens is 1. The molecule has 1 aromatic rings. The van der Waals surface area contributed by atoms with E-state index in [1.165, 1.54) is 12.3 Å². The second kappa shape index (κ2) is 5.12. The van der Waals surface area contributed by atoms with Crippen molar-refractivity contribution in [3.05, 3.63) is 18.5 Å². The van der Waals surface area contributed by atoms with Crippen LogP contribution in [0.5, 0.6) is 5.75 Å². The number of halogens is 1. The molecule has 0 saturated heterocycles. The molecule has 2 rings (SSSR count). The van der Waals surface area contributed by atoms with Crippen molar-refractivity contribution in [1.82, 2.24) is 4.98 Å². The van der Waals surface area contributed by atoms with Crippen molar-refractivity contribution in [2.24, 2.45) is 11.8 Å². The molecule has 1 N–H and O–H groups in total. The summed E-state index contributed by atoms with van der Waals surface area (Å²) in [6.07, 6.45) is 4.17. The third-order valence-electron chi connectivity index (χ3n) is 2.96. The maximum absolute atomic E-state index is 12.3. The average molecular weight is 288 g/mol.